The number of amides is 3. The molecule has 126 valence electrons. The van der Waals surface area contributed by atoms with Crippen LogP contribution < -0.4 is 16.0 Å². The van der Waals surface area contributed by atoms with Gasteiger partial charge in [0.2, 0.25) is 0 Å². The minimum absolute atomic E-state index is 0.207. The quantitative estimate of drug-likeness (QED) is 0.674. The molecule has 4 rings (SSSR count). The van der Waals surface area contributed by atoms with Crippen LogP contribution in [0, 0.1) is 0 Å². The first-order valence-corrected chi connectivity index (χ1v) is 8.15. The van der Waals surface area contributed by atoms with Gasteiger partial charge in [0.1, 0.15) is 5.58 Å². The number of hydrogen-bond donors (Lipinski definition) is 3. The number of benzene rings is 2. The van der Waals surface area contributed by atoms with Crippen LogP contribution in [-0.4, -0.2) is 18.0 Å². The zero-order chi connectivity index (χ0) is 17.2. The average molecular weight is 335 g/mol. The molecule has 1 saturated carbocycles. The van der Waals surface area contributed by atoms with E-state index in [0.717, 1.165) is 18.2 Å². The van der Waals surface area contributed by atoms with Crippen LogP contribution in [0.4, 0.5) is 16.2 Å². The van der Waals surface area contributed by atoms with Crippen molar-refractivity contribution in [2.75, 3.05) is 10.6 Å². The Balaban J connectivity index is 1.39. The molecule has 3 aromatic rings. The lowest BCUT2D eigenvalue weighted by molar-refractivity contribution is 0.0998. The highest BCUT2D eigenvalue weighted by molar-refractivity contribution is 6.04. The summed E-state index contributed by atoms with van der Waals surface area (Å²) in [6.07, 6.45) is 2.08. The molecule has 1 heterocycles. The van der Waals surface area contributed by atoms with E-state index >= 15 is 0 Å². The van der Waals surface area contributed by atoms with Crippen molar-refractivity contribution in [3.8, 4) is 0 Å². The largest absolute Gasteiger partial charge is 0.451 e. The highest BCUT2D eigenvalue weighted by Crippen LogP contribution is 2.21. The molecule has 1 aliphatic rings. The second-order valence-corrected chi connectivity index (χ2v) is 6.05. The number of anilines is 2. The van der Waals surface area contributed by atoms with Gasteiger partial charge in [0.15, 0.2) is 5.76 Å². The Kier molecular flexibility index (Phi) is 3.85. The van der Waals surface area contributed by atoms with Gasteiger partial charge in [0.25, 0.3) is 5.91 Å². The second kappa shape index (κ2) is 6.32. The van der Waals surface area contributed by atoms with Crippen LogP contribution in [0.5, 0.6) is 0 Å². The smallest absolute Gasteiger partial charge is 0.319 e. The molecule has 2 aromatic carbocycles. The maximum atomic E-state index is 12.3. The van der Waals surface area contributed by atoms with Gasteiger partial charge >= 0.3 is 6.03 Å². The molecular weight excluding hydrogens is 318 g/mol. The fourth-order valence-corrected chi connectivity index (χ4v) is 2.50. The molecule has 6 nitrogen and oxygen atoms in total. The summed E-state index contributed by atoms with van der Waals surface area (Å²) in [4.78, 5) is 24.0. The number of carbonyl (C=O) groups is 2. The van der Waals surface area contributed by atoms with Crippen LogP contribution in [0.15, 0.2) is 59.0 Å². The fraction of sp³-hybridized carbons (Fsp3) is 0.158. The van der Waals surface area contributed by atoms with Gasteiger partial charge in [-0.1, -0.05) is 18.2 Å². The van der Waals surface area contributed by atoms with E-state index in [1.165, 1.54) is 0 Å². The first-order chi connectivity index (χ1) is 12.2. The highest BCUT2D eigenvalue weighted by atomic mass is 16.3. The molecule has 25 heavy (non-hydrogen) atoms. The Morgan fingerprint density at radius 2 is 1.60 bits per heavy atom. The maximum Gasteiger partial charge on any atom is 0.319 e. The molecule has 0 atom stereocenters. The maximum absolute atomic E-state index is 12.3. The average Bonchev–Trinajstić information content (AvgIpc) is 3.30. The van der Waals surface area contributed by atoms with Gasteiger partial charge in [-0.3, -0.25) is 4.79 Å². The van der Waals surface area contributed by atoms with E-state index in [4.69, 9.17) is 4.42 Å². The molecule has 0 spiro atoms. The van der Waals surface area contributed by atoms with Gasteiger partial charge in [-0.2, -0.15) is 0 Å². The fourth-order valence-electron chi connectivity index (χ4n) is 2.50. The molecule has 0 unspecified atom stereocenters. The van der Waals surface area contributed by atoms with Gasteiger partial charge in [-0.05, 0) is 49.2 Å². The zero-order valence-corrected chi connectivity index (χ0v) is 13.4. The minimum atomic E-state index is -0.316. The van der Waals surface area contributed by atoms with Gasteiger partial charge in [0.05, 0.1) is 0 Å². The second-order valence-electron chi connectivity index (χ2n) is 6.05. The van der Waals surface area contributed by atoms with Crippen LogP contribution in [0.25, 0.3) is 11.0 Å². The molecule has 0 bridgehead atoms. The highest BCUT2D eigenvalue weighted by Gasteiger charge is 2.23. The van der Waals surface area contributed by atoms with E-state index < -0.39 is 0 Å². The van der Waals surface area contributed by atoms with Crippen LogP contribution in [-0.2, 0) is 0 Å². The SMILES string of the molecule is O=C(Nc1ccc(NC(=O)c2cc3ccccc3o2)cc1)NC1CC1. The van der Waals surface area contributed by atoms with Crippen LogP contribution in [0.2, 0.25) is 0 Å². The minimum Gasteiger partial charge on any atom is -0.451 e. The number of urea groups is 1. The Morgan fingerprint density at radius 1 is 0.920 bits per heavy atom. The lowest BCUT2D eigenvalue weighted by atomic mass is 10.2. The summed E-state index contributed by atoms with van der Waals surface area (Å²) in [5, 5.41) is 9.28. The number of fused-ring (bicyclic) bond motifs is 1. The van der Waals surface area contributed by atoms with E-state index in [-0.39, 0.29) is 17.7 Å². The normalized spacial score (nSPS) is 13.4. The van der Waals surface area contributed by atoms with E-state index in [1.54, 1.807) is 30.3 Å². The predicted molar refractivity (Wildman–Crippen MR) is 95.8 cm³/mol. The molecule has 3 N–H and O–H groups in total. The van der Waals surface area contributed by atoms with Gasteiger partial charge in [-0.15, -0.1) is 0 Å². The predicted octanol–water partition coefficient (Wildman–Crippen LogP) is 3.97. The molecular formula is C19H17N3O3. The van der Waals surface area contributed by atoms with E-state index in [0.29, 0.717) is 23.0 Å². The van der Waals surface area contributed by atoms with Crippen molar-refractivity contribution in [3.05, 3.63) is 60.4 Å². The van der Waals surface area contributed by atoms with Crippen LogP contribution in [0.3, 0.4) is 0 Å². The van der Waals surface area contributed by atoms with Crippen molar-refractivity contribution in [3.63, 3.8) is 0 Å². The van der Waals surface area contributed by atoms with Crippen molar-refractivity contribution in [2.45, 2.75) is 18.9 Å². The van der Waals surface area contributed by atoms with Crippen molar-refractivity contribution in [1.29, 1.82) is 0 Å². The Labute approximate surface area is 144 Å². The Hall–Kier alpha value is -3.28. The van der Waals surface area contributed by atoms with Crippen molar-refractivity contribution in [1.82, 2.24) is 5.32 Å². The van der Waals surface area contributed by atoms with Gasteiger partial charge in [0, 0.05) is 22.8 Å². The topological polar surface area (TPSA) is 83.4 Å². The number of nitrogens with one attached hydrogen (secondary N) is 3. The molecule has 6 heteroatoms. The third-order valence-electron chi connectivity index (χ3n) is 3.96. The number of furan rings is 1. The molecule has 1 aromatic heterocycles. The molecule has 0 radical (unpaired) electrons. The first kappa shape index (κ1) is 15.3. The number of hydrogen-bond acceptors (Lipinski definition) is 3. The van der Waals surface area contributed by atoms with Crippen molar-refractivity contribution >= 4 is 34.3 Å². The van der Waals surface area contributed by atoms with E-state index in [9.17, 15) is 9.59 Å². The summed E-state index contributed by atoms with van der Waals surface area (Å²) in [5.41, 5.74) is 1.97. The third kappa shape index (κ3) is 3.63. The Bertz CT molecular complexity index is 893. The Morgan fingerprint density at radius 3 is 2.28 bits per heavy atom. The van der Waals surface area contributed by atoms with Crippen LogP contribution >= 0.6 is 0 Å². The molecule has 0 aliphatic heterocycles. The standard InChI is InChI=1S/C19H17N3O3/c23-18(17-11-12-3-1-2-4-16(12)25-17)20-13-5-7-14(8-6-13)21-19(24)22-15-9-10-15/h1-8,11,15H,9-10H2,(H,20,23)(H2,21,22,24). The van der Waals surface area contributed by atoms with Gasteiger partial charge in [-0.25, -0.2) is 4.79 Å². The summed E-state index contributed by atoms with van der Waals surface area (Å²) in [5.74, 6) is -0.0596. The van der Waals surface area contributed by atoms with E-state index in [1.807, 2.05) is 24.3 Å². The van der Waals surface area contributed by atoms with Crippen LogP contribution in [0.1, 0.15) is 23.4 Å². The zero-order valence-electron chi connectivity index (χ0n) is 13.4. The summed E-state index contributed by atoms with van der Waals surface area (Å²) >= 11 is 0. The van der Waals surface area contributed by atoms with Crippen molar-refractivity contribution < 1.29 is 14.0 Å². The first-order valence-electron chi connectivity index (χ1n) is 8.15. The lowest BCUT2D eigenvalue weighted by Gasteiger charge is -2.08. The monoisotopic (exact) mass is 335 g/mol. The number of rotatable bonds is 4. The summed E-state index contributed by atoms with van der Waals surface area (Å²) in [6, 6.07) is 16.2. The molecule has 0 saturated heterocycles. The van der Waals surface area contributed by atoms with Crippen molar-refractivity contribution in [2.24, 2.45) is 0 Å². The third-order valence-corrected chi connectivity index (χ3v) is 3.96. The summed E-state index contributed by atoms with van der Waals surface area (Å²) in [7, 11) is 0. The van der Waals surface area contributed by atoms with E-state index in [2.05, 4.69) is 16.0 Å². The molecule has 3 amide bonds. The van der Waals surface area contributed by atoms with Gasteiger partial charge < -0.3 is 20.4 Å². The summed E-state index contributed by atoms with van der Waals surface area (Å²) < 4.78 is 5.54. The number of carbonyl (C=O) groups excluding carboxylic acids is 2. The molecule has 1 fully saturated rings. The lowest BCUT2D eigenvalue weighted by Crippen LogP contribution is -2.30. The number of para-hydroxylation sites is 1. The summed E-state index contributed by atoms with van der Waals surface area (Å²) in [6.45, 7) is 0. The molecule has 1 aliphatic carbocycles.